The molecule has 0 saturated carbocycles. The summed E-state index contributed by atoms with van der Waals surface area (Å²) in [6, 6.07) is 2.65. The van der Waals surface area contributed by atoms with Crippen molar-refractivity contribution in [3.63, 3.8) is 0 Å². The fourth-order valence-electron chi connectivity index (χ4n) is 1.09. The standard InChI is InChI=1S/C12H15NO3/c1-8(2)11(13)12(15)10(14)6-5-9-4-3-7-16-9/h3-8,11H,13H2,1-2H3/t11-/m0/s1. The first-order valence-electron chi connectivity index (χ1n) is 5.07. The lowest BCUT2D eigenvalue weighted by Crippen LogP contribution is -2.39. The van der Waals surface area contributed by atoms with E-state index in [2.05, 4.69) is 0 Å². The van der Waals surface area contributed by atoms with Crippen LogP contribution in [0.15, 0.2) is 28.9 Å². The molecule has 1 rings (SSSR count). The lowest BCUT2D eigenvalue weighted by molar-refractivity contribution is -0.135. The molecule has 0 aliphatic carbocycles. The molecule has 16 heavy (non-hydrogen) atoms. The summed E-state index contributed by atoms with van der Waals surface area (Å²) in [7, 11) is 0. The maximum atomic E-state index is 11.5. The molecule has 0 aliphatic heterocycles. The molecule has 0 unspecified atom stereocenters. The Kier molecular flexibility index (Phi) is 4.19. The minimum Gasteiger partial charge on any atom is -0.465 e. The zero-order valence-corrected chi connectivity index (χ0v) is 9.34. The minimum absolute atomic E-state index is 0.0477. The average molecular weight is 221 g/mol. The van der Waals surface area contributed by atoms with E-state index in [-0.39, 0.29) is 5.92 Å². The Morgan fingerprint density at radius 1 is 1.44 bits per heavy atom. The molecule has 0 spiro atoms. The van der Waals surface area contributed by atoms with Gasteiger partial charge in [0.15, 0.2) is 0 Å². The molecular weight excluding hydrogens is 206 g/mol. The van der Waals surface area contributed by atoms with Gasteiger partial charge in [-0.25, -0.2) is 0 Å². The highest BCUT2D eigenvalue weighted by atomic mass is 16.3. The molecule has 0 aromatic carbocycles. The fourth-order valence-corrected chi connectivity index (χ4v) is 1.09. The maximum Gasteiger partial charge on any atom is 0.223 e. The molecule has 4 nitrogen and oxygen atoms in total. The van der Waals surface area contributed by atoms with Gasteiger partial charge in [0.05, 0.1) is 12.3 Å². The summed E-state index contributed by atoms with van der Waals surface area (Å²) in [4.78, 5) is 22.9. The number of rotatable bonds is 5. The summed E-state index contributed by atoms with van der Waals surface area (Å²) in [6.45, 7) is 3.60. The largest absolute Gasteiger partial charge is 0.465 e. The van der Waals surface area contributed by atoms with E-state index in [1.807, 2.05) is 0 Å². The molecule has 1 atom stereocenters. The predicted molar refractivity (Wildman–Crippen MR) is 60.6 cm³/mol. The van der Waals surface area contributed by atoms with Gasteiger partial charge in [-0.3, -0.25) is 9.59 Å². The van der Waals surface area contributed by atoms with E-state index in [0.29, 0.717) is 5.76 Å². The van der Waals surface area contributed by atoms with Crippen molar-refractivity contribution in [3.05, 3.63) is 30.2 Å². The Morgan fingerprint density at radius 2 is 2.12 bits per heavy atom. The van der Waals surface area contributed by atoms with Crippen molar-refractivity contribution >= 4 is 17.6 Å². The van der Waals surface area contributed by atoms with Gasteiger partial charge in [-0.2, -0.15) is 0 Å². The number of ketones is 2. The summed E-state index contributed by atoms with van der Waals surface area (Å²) in [5, 5.41) is 0. The SMILES string of the molecule is CC(C)[C@H](N)C(=O)C(=O)C=Cc1ccco1. The number of furan rings is 1. The molecule has 4 heteroatoms. The van der Waals surface area contributed by atoms with Crippen molar-refractivity contribution < 1.29 is 14.0 Å². The second-order valence-corrected chi connectivity index (χ2v) is 3.85. The quantitative estimate of drug-likeness (QED) is 0.602. The Bertz CT molecular complexity index is 390. The van der Waals surface area contributed by atoms with Crippen LogP contribution >= 0.6 is 0 Å². The number of nitrogens with two attached hydrogens (primary N) is 1. The number of allylic oxidation sites excluding steroid dienone is 1. The molecule has 1 aromatic rings. The molecule has 1 aromatic heterocycles. The fraction of sp³-hybridized carbons (Fsp3) is 0.333. The van der Waals surface area contributed by atoms with Gasteiger partial charge in [0.25, 0.3) is 0 Å². The van der Waals surface area contributed by atoms with Gasteiger partial charge >= 0.3 is 0 Å². The van der Waals surface area contributed by atoms with Crippen molar-refractivity contribution in [2.75, 3.05) is 0 Å². The maximum absolute atomic E-state index is 11.5. The second kappa shape index (κ2) is 5.42. The van der Waals surface area contributed by atoms with E-state index < -0.39 is 17.6 Å². The van der Waals surface area contributed by atoms with Crippen LogP contribution in [0.4, 0.5) is 0 Å². The molecule has 0 amide bonds. The number of hydrogen-bond acceptors (Lipinski definition) is 4. The summed E-state index contributed by atoms with van der Waals surface area (Å²) < 4.78 is 4.99. The Morgan fingerprint density at radius 3 is 2.62 bits per heavy atom. The van der Waals surface area contributed by atoms with Crippen molar-refractivity contribution in [1.82, 2.24) is 0 Å². The molecule has 0 radical (unpaired) electrons. The highest BCUT2D eigenvalue weighted by Gasteiger charge is 2.22. The summed E-state index contributed by atoms with van der Waals surface area (Å²) in [5.74, 6) is -0.692. The van der Waals surface area contributed by atoms with Gasteiger partial charge in [-0.05, 0) is 30.2 Å². The van der Waals surface area contributed by atoms with E-state index in [1.54, 1.807) is 26.0 Å². The first-order chi connectivity index (χ1) is 7.52. The van der Waals surface area contributed by atoms with Gasteiger partial charge in [0.2, 0.25) is 11.6 Å². The number of hydrogen-bond donors (Lipinski definition) is 1. The Hall–Kier alpha value is -1.68. The molecule has 0 saturated heterocycles. The highest BCUT2D eigenvalue weighted by Crippen LogP contribution is 2.04. The topological polar surface area (TPSA) is 73.3 Å². The molecular formula is C12H15NO3. The Labute approximate surface area is 94.1 Å². The van der Waals surface area contributed by atoms with Gasteiger partial charge < -0.3 is 10.2 Å². The van der Waals surface area contributed by atoms with Crippen molar-refractivity contribution in [2.24, 2.45) is 11.7 Å². The molecule has 2 N–H and O–H groups in total. The zero-order valence-electron chi connectivity index (χ0n) is 9.34. The third-order valence-electron chi connectivity index (χ3n) is 2.21. The highest BCUT2D eigenvalue weighted by molar-refractivity contribution is 6.43. The van der Waals surface area contributed by atoms with Crippen LogP contribution in [0.2, 0.25) is 0 Å². The normalized spacial score (nSPS) is 13.2. The Balaban J connectivity index is 2.62. The van der Waals surface area contributed by atoms with Gasteiger partial charge in [0.1, 0.15) is 5.76 Å². The van der Waals surface area contributed by atoms with Gasteiger partial charge in [-0.15, -0.1) is 0 Å². The van der Waals surface area contributed by atoms with Crippen LogP contribution in [0.3, 0.4) is 0 Å². The second-order valence-electron chi connectivity index (χ2n) is 3.85. The predicted octanol–water partition coefficient (Wildman–Crippen LogP) is 1.41. The average Bonchev–Trinajstić information content (AvgIpc) is 2.76. The van der Waals surface area contributed by atoms with E-state index in [1.165, 1.54) is 18.4 Å². The lowest BCUT2D eigenvalue weighted by atomic mass is 9.98. The van der Waals surface area contributed by atoms with E-state index >= 15 is 0 Å². The van der Waals surface area contributed by atoms with E-state index in [0.717, 1.165) is 0 Å². The van der Waals surface area contributed by atoms with Crippen LogP contribution in [-0.2, 0) is 9.59 Å². The van der Waals surface area contributed by atoms with Crippen molar-refractivity contribution in [2.45, 2.75) is 19.9 Å². The molecule has 1 heterocycles. The number of carbonyl (C=O) groups excluding carboxylic acids is 2. The molecule has 0 aliphatic rings. The van der Waals surface area contributed by atoms with Gasteiger partial charge in [-0.1, -0.05) is 13.8 Å². The monoisotopic (exact) mass is 221 g/mol. The van der Waals surface area contributed by atoms with Crippen LogP contribution in [0.1, 0.15) is 19.6 Å². The first kappa shape index (κ1) is 12.4. The minimum atomic E-state index is -0.742. The third-order valence-corrected chi connectivity index (χ3v) is 2.21. The van der Waals surface area contributed by atoms with E-state index in [9.17, 15) is 9.59 Å². The molecule has 0 fully saturated rings. The lowest BCUT2D eigenvalue weighted by Gasteiger charge is -2.11. The van der Waals surface area contributed by atoms with E-state index in [4.69, 9.17) is 10.2 Å². The van der Waals surface area contributed by atoms with Crippen molar-refractivity contribution in [3.8, 4) is 0 Å². The summed E-state index contributed by atoms with van der Waals surface area (Å²) >= 11 is 0. The van der Waals surface area contributed by atoms with Crippen LogP contribution in [0.25, 0.3) is 6.08 Å². The summed E-state index contributed by atoms with van der Waals surface area (Å²) in [6.07, 6.45) is 4.13. The smallest absolute Gasteiger partial charge is 0.223 e. The third kappa shape index (κ3) is 3.17. The first-order valence-corrected chi connectivity index (χ1v) is 5.07. The summed E-state index contributed by atoms with van der Waals surface area (Å²) in [5.41, 5.74) is 5.58. The van der Waals surface area contributed by atoms with Crippen LogP contribution < -0.4 is 5.73 Å². The van der Waals surface area contributed by atoms with Crippen LogP contribution in [0, 0.1) is 5.92 Å². The van der Waals surface area contributed by atoms with Gasteiger partial charge in [0, 0.05) is 0 Å². The molecule has 86 valence electrons. The van der Waals surface area contributed by atoms with Crippen LogP contribution in [-0.4, -0.2) is 17.6 Å². The number of carbonyl (C=O) groups is 2. The molecule has 0 bridgehead atoms. The number of Topliss-reactive ketones (excluding diaryl/α,β-unsaturated/α-hetero) is 1. The van der Waals surface area contributed by atoms with Crippen molar-refractivity contribution in [1.29, 1.82) is 0 Å². The van der Waals surface area contributed by atoms with Crippen LogP contribution in [0.5, 0.6) is 0 Å². The zero-order chi connectivity index (χ0) is 12.1.